The molecule has 0 atom stereocenters. The summed E-state index contributed by atoms with van der Waals surface area (Å²) < 4.78 is 11.3. The van der Waals surface area contributed by atoms with Crippen LogP contribution in [-0.2, 0) is 11.3 Å². The number of hydrogen-bond acceptors (Lipinski definition) is 4. The van der Waals surface area contributed by atoms with Crippen molar-refractivity contribution >= 4 is 5.91 Å². The number of hydrogen-bond donors (Lipinski definition) is 2. The van der Waals surface area contributed by atoms with Gasteiger partial charge in [0.2, 0.25) is 0 Å². The maximum Gasteiger partial charge on any atom is 0.258 e. The van der Waals surface area contributed by atoms with Gasteiger partial charge < -0.3 is 20.1 Å². The summed E-state index contributed by atoms with van der Waals surface area (Å²) in [4.78, 5) is 11.7. The quantitative estimate of drug-likeness (QED) is 0.756. The zero-order chi connectivity index (χ0) is 14.4. The number of rotatable bonds is 8. The molecular formula is C15H22N2O3. The predicted molar refractivity (Wildman–Crippen MR) is 77.0 cm³/mol. The third-order valence-corrected chi connectivity index (χ3v) is 3.02. The number of nitrogens with one attached hydrogen (secondary N) is 2. The second-order valence-corrected chi connectivity index (χ2v) is 4.84. The first-order valence-corrected chi connectivity index (χ1v) is 7.06. The van der Waals surface area contributed by atoms with E-state index in [9.17, 15) is 4.79 Å². The van der Waals surface area contributed by atoms with Crippen LogP contribution < -0.4 is 20.1 Å². The van der Waals surface area contributed by atoms with Crippen LogP contribution in [0.25, 0.3) is 0 Å². The van der Waals surface area contributed by atoms with Gasteiger partial charge in [0.25, 0.3) is 5.91 Å². The molecule has 1 aromatic rings. The van der Waals surface area contributed by atoms with Crippen molar-refractivity contribution in [1.29, 1.82) is 0 Å². The van der Waals surface area contributed by atoms with Gasteiger partial charge in [-0.2, -0.15) is 0 Å². The summed E-state index contributed by atoms with van der Waals surface area (Å²) in [5.41, 5.74) is 0.984. The first-order valence-electron chi connectivity index (χ1n) is 7.06. The van der Waals surface area contributed by atoms with E-state index in [1.807, 2.05) is 32.2 Å². The molecule has 2 rings (SSSR count). The Kier molecular flexibility index (Phi) is 5.24. The number of carbonyl (C=O) groups excluding carboxylic acids is 1. The highest BCUT2D eigenvalue weighted by atomic mass is 16.5. The van der Waals surface area contributed by atoms with Crippen molar-refractivity contribution in [1.82, 2.24) is 10.6 Å². The SMILES string of the molecule is CCOc1cccc(CNC)c1OCC(=O)NC1CC1. The fourth-order valence-electron chi connectivity index (χ4n) is 1.96. The van der Waals surface area contributed by atoms with E-state index in [1.165, 1.54) is 0 Å². The fraction of sp³-hybridized carbons (Fsp3) is 0.533. The van der Waals surface area contributed by atoms with E-state index in [0.29, 0.717) is 30.7 Å². The molecule has 0 radical (unpaired) electrons. The second-order valence-electron chi connectivity index (χ2n) is 4.84. The Labute approximate surface area is 119 Å². The summed E-state index contributed by atoms with van der Waals surface area (Å²) in [7, 11) is 1.87. The molecule has 1 aliphatic carbocycles. The van der Waals surface area contributed by atoms with E-state index < -0.39 is 0 Å². The van der Waals surface area contributed by atoms with Crippen molar-refractivity contribution < 1.29 is 14.3 Å². The molecule has 0 saturated heterocycles. The van der Waals surface area contributed by atoms with Gasteiger partial charge >= 0.3 is 0 Å². The molecule has 5 heteroatoms. The lowest BCUT2D eigenvalue weighted by Crippen LogP contribution is -2.30. The molecule has 5 nitrogen and oxygen atoms in total. The number of carbonyl (C=O) groups is 1. The van der Waals surface area contributed by atoms with Crippen molar-refractivity contribution in [2.75, 3.05) is 20.3 Å². The Morgan fingerprint density at radius 3 is 2.80 bits per heavy atom. The minimum Gasteiger partial charge on any atom is -0.490 e. The molecule has 0 bridgehead atoms. The number of ether oxygens (including phenoxy) is 2. The average molecular weight is 278 g/mol. The van der Waals surface area contributed by atoms with E-state index in [0.717, 1.165) is 18.4 Å². The molecule has 1 aromatic carbocycles. The number of amides is 1. The summed E-state index contributed by atoms with van der Waals surface area (Å²) in [6.45, 7) is 3.18. The van der Waals surface area contributed by atoms with Gasteiger partial charge in [0.1, 0.15) is 0 Å². The Morgan fingerprint density at radius 1 is 1.35 bits per heavy atom. The summed E-state index contributed by atoms with van der Waals surface area (Å²) in [6, 6.07) is 6.10. The Hall–Kier alpha value is -1.75. The molecule has 1 amide bonds. The molecule has 1 fully saturated rings. The van der Waals surface area contributed by atoms with Crippen LogP contribution in [-0.4, -0.2) is 32.2 Å². The van der Waals surface area contributed by atoms with Crippen LogP contribution in [0.2, 0.25) is 0 Å². The van der Waals surface area contributed by atoms with E-state index in [4.69, 9.17) is 9.47 Å². The van der Waals surface area contributed by atoms with Crippen LogP contribution >= 0.6 is 0 Å². The normalized spacial score (nSPS) is 13.9. The highest BCUT2D eigenvalue weighted by Gasteiger charge is 2.23. The first-order chi connectivity index (χ1) is 9.74. The molecular weight excluding hydrogens is 256 g/mol. The van der Waals surface area contributed by atoms with Crippen LogP contribution in [0.1, 0.15) is 25.3 Å². The molecule has 0 spiro atoms. The van der Waals surface area contributed by atoms with Gasteiger partial charge in [-0.3, -0.25) is 4.79 Å². The van der Waals surface area contributed by atoms with Gasteiger partial charge in [0, 0.05) is 18.2 Å². The van der Waals surface area contributed by atoms with Crippen LogP contribution in [0.15, 0.2) is 18.2 Å². The first kappa shape index (κ1) is 14.7. The molecule has 1 saturated carbocycles. The molecule has 110 valence electrons. The molecule has 0 unspecified atom stereocenters. The third-order valence-electron chi connectivity index (χ3n) is 3.02. The minimum atomic E-state index is -0.0748. The van der Waals surface area contributed by atoms with Crippen molar-refractivity contribution in [3.05, 3.63) is 23.8 Å². The van der Waals surface area contributed by atoms with Crippen molar-refractivity contribution in [3.8, 4) is 11.5 Å². The zero-order valence-electron chi connectivity index (χ0n) is 12.1. The maximum atomic E-state index is 11.7. The number of para-hydroxylation sites is 1. The number of benzene rings is 1. The van der Waals surface area contributed by atoms with Gasteiger partial charge in [-0.25, -0.2) is 0 Å². The Morgan fingerprint density at radius 2 is 2.15 bits per heavy atom. The van der Waals surface area contributed by atoms with Crippen LogP contribution in [0.5, 0.6) is 11.5 Å². The van der Waals surface area contributed by atoms with Gasteiger partial charge in [-0.05, 0) is 32.9 Å². The molecule has 20 heavy (non-hydrogen) atoms. The molecule has 0 aliphatic heterocycles. The fourth-order valence-corrected chi connectivity index (χ4v) is 1.96. The lowest BCUT2D eigenvalue weighted by atomic mass is 10.2. The smallest absolute Gasteiger partial charge is 0.258 e. The van der Waals surface area contributed by atoms with E-state index >= 15 is 0 Å². The van der Waals surface area contributed by atoms with Gasteiger partial charge in [0.05, 0.1) is 6.61 Å². The highest BCUT2D eigenvalue weighted by molar-refractivity contribution is 5.78. The standard InChI is InChI=1S/C15H22N2O3/c1-3-19-13-6-4-5-11(9-16-2)15(13)20-10-14(18)17-12-7-8-12/h4-6,12,16H,3,7-10H2,1-2H3,(H,17,18). The van der Waals surface area contributed by atoms with Gasteiger partial charge in [-0.15, -0.1) is 0 Å². The lowest BCUT2D eigenvalue weighted by molar-refractivity contribution is -0.123. The topological polar surface area (TPSA) is 59.6 Å². The van der Waals surface area contributed by atoms with Crippen molar-refractivity contribution in [2.45, 2.75) is 32.4 Å². The largest absolute Gasteiger partial charge is 0.490 e. The molecule has 2 N–H and O–H groups in total. The zero-order valence-corrected chi connectivity index (χ0v) is 12.1. The van der Waals surface area contributed by atoms with Crippen LogP contribution in [0, 0.1) is 0 Å². The summed E-state index contributed by atoms with van der Waals surface area (Å²) in [6.07, 6.45) is 2.15. The molecule has 1 aliphatic rings. The van der Waals surface area contributed by atoms with E-state index in [1.54, 1.807) is 0 Å². The van der Waals surface area contributed by atoms with Gasteiger partial charge in [-0.1, -0.05) is 12.1 Å². The molecule has 0 aromatic heterocycles. The summed E-state index contributed by atoms with van der Waals surface area (Å²) in [5, 5.41) is 5.99. The maximum absolute atomic E-state index is 11.7. The summed E-state index contributed by atoms with van der Waals surface area (Å²) >= 11 is 0. The average Bonchev–Trinajstić information content (AvgIpc) is 3.22. The van der Waals surface area contributed by atoms with Crippen molar-refractivity contribution in [2.24, 2.45) is 0 Å². The second kappa shape index (κ2) is 7.14. The lowest BCUT2D eigenvalue weighted by Gasteiger charge is -2.15. The van der Waals surface area contributed by atoms with Gasteiger partial charge in [0.15, 0.2) is 18.1 Å². The Balaban J connectivity index is 2.03. The monoisotopic (exact) mass is 278 g/mol. The van der Waals surface area contributed by atoms with E-state index in [-0.39, 0.29) is 12.5 Å². The van der Waals surface area contributed by atoms with Crippen LogP contribution in [0.3, 0.4) is 0 Å². The van der Waals surface area contributed by atoms with Crippen LogP contribution in [0.4, 0.5) is 0 Å². The summed E-state index contributed by atoms with van der Waals surface area (Å²) in [5.74, 6) is 1.25. The van der Waals surface area contributed by atoms with E-state index in [2.05, 4.69) is 10.6 Å². The predicted octanol–water partition coefficient (Wildman–Crippen LogP) is 1.46. The van der Waals surface area contributed by atoms with Crippen molar-refractivity contribution in [3.63, 3.8) is 0 Å². The third kappa shape index (κ3) is 4.13. The molecule has 0 heterocycles. The minimum absolute atomic E-state index is 0.0251. The Bertz CT molecular complexity index is 434. The highest BCUT2D eigenvalue weighted by Crippen LogP contribution is 2.31.